The number of rotatable bonds is 5. The third kappa shape index (κ3) is 4.07. The molecule has 0 aliphatic carbocycles. The van der Waals surface area contributed by atoms with E-state index >= 15 is 0 Å². The average Bonchev–Trinajstić information content (AvgIpc) is 3.26. The third-order valence-electron chi connectivity index (χ3n) is 4.56. The highest BCUT2D eigenvalue weighted by Gasteiger charge is 2.24. The lowest BCUT2D eigenvalue weighted by molar-refractivity contribution is 0.369. The number of aryl methyl sites for hydroxylation is 1. The van der Waals surface area contributed by atoms with Crippen LogP contribution in [0.25, 0.3) is 0 Å². The topological polar surface area (TPSA) is 67.9 Å². The summed E-state index contributed by atoms with van der Waals surface area (Å²) < 4.78 is 18.1. The summed E-state index contributed by atoms with van der Waals surface area (Å²) in [6.07, 6.45) is 3.78. The van der Waals surface area contributed by atoms with E-state index in [1.54, 1.807) is 23.5 Å². The van der Waals surface area contributed by atoms with Gasteiger partial charge in [0.2, 0.25) is 11.0 Å². The van der Waals surface area contributed by atoms with Crippen LogP contribution >= 0.6 is 11.3 Å². The molecule has 3 aromatic rings. The molecular formula is C18H20FN5OS. The van der Waals surface area contributed by atoms with Crippen molar-refractivity contribution in [3.63, 3.8) is 0 Å². The first-order valence-electron chi connectivity index (χ1n) is 8.76. The molecule has 1 aliphatic rings. The Hall–Kier alpha value is -2.35. The first-order valence-corrected chi connectivity index (χ1v) is 9.58. The quantitative estimate of drug-likeness (QED) is 0.683. The average molecular weight is 373 g/mol. The predicted molar refractivity (Wildman–Crippen MR) is 96.8 cm³/mol. The zero-order valence-corrected chi connectivity index (χ0v) is 15.4. The van der Waals surface area contributed by atoms with Crippen molar-refractivity contribution >= 4 is 16.5 Å². The van der Waals surface area contributed by atoms with Gasteiger partial charge in [-0.25, -0.2) is 4.39 Å². The molecule has 3 heterocycles. The highest BCUT2D eigenvalue weighted by atomic mass is 32.1. The van der Waals surface area contributed by atoms with Crippen molar-refractivity contribution in [2.45, 2.75) is 32.6 Å². The minimum Gasteiger partial charge on any atom is -0.346 e. The Balaban J connectivity index is 1.39. The van der Waals surface area contributed by atoms with E-state index in [0.717, 1.165) is 53.9 Å². The van der Waals surface area contributed by atoms with E-state index in [0.29, 0.717) is 18.2 Å². The zero-order chi connectivity index (χ0) is 17.9. The van der Waals surface area contributed by atoms with Crippen molar-refractivity contribution in [3.05, 3.63) is 52.4 Å². The van der Waals surface area contributed by atoms with Crippen LogP contribution in [0.2, 0.25) is 0 Å². The second kappa shape index (κ2) is 7.49. The summed E-state index contributed by atoms with van der Waals surface area (Å²) in [4.78, 5) is 6.61. The van der Waals surface area contributed by atoms with Crippen LogP contribution in [0.15, 0.2) is 28.8 Å². The Morgan fingerprint density at radius 3 is 2.88 bits per heavy atom. The van der Waals surface area contributed by atoms with E-state index < -0.39 is 0 Å². The van der Waals surface area contributed by atoms with Crippen LogP contribution in [-0.4, -0.2) is 33.4 Å². The molecule has 2 aromatic heterocycles. The fourth-order valence-corrected chi connectivity index (χ4v) is 4.22. The van der Waals surface area contributed by atoms with Gasteiger partial charge in [-0.05, 0) is 36.5 Å². The molecule has 6 nitrogen and oxygen atoms in total. The smallest absolute Gasteiger partial charge is 0.223 e. The number of halogens is 1. The highest BCUT2D eigenvalue weighted by Crippen LogP contribution is 2.28. The number of nitrogens with zero attached hydrogens (tertiary/aromatic N) is 5. The second-order valence-electron chi connectivity index (χ2n) is 6.67. The summed E-state index contributed by atoms with van der Waals surface area (Å²) in [6.45, 7) is 3.74. The molecule has 0 N–H and O–H groups in total. The van der Waals surface area contributed by atoms with Crippen LogP contribution < -0.4 is 4.90 Å². The Labute approximate surface area is 155 Å². The maximum Gasteiger partial charge on any atom is 0.223 e. The van der Waals surface area contributed by atoms with E-state index in [4.69, 9.17) is 4.52 Å². The molecule has 1 atom stereocenters. The predicted octanol–water partition coefficient (Wildman–Crippen LogP) is 3.42. The normalized spacial score (nSPS) is 17.6. The van der Waals surface area contributed by atoms with Crippen LogP contribution in [0, 0.1) is 18.7 Å². The molecule has 0 spiro atoms. The van der Waals surface area contributed by atoms with Crippen LogP contribution in [-0.2, 0) is 12.8 Å². The number of aromatic nitrogens is 4. The molecule has 8 heteroatoms. The van der Waals surface area contributed by atoms with Gasteiger partial charge in [0.05, 0.1) is 0 Å². The standard InChI is InChI=1S/C18H20FN5OS/c1-12-20-16(23-25-12)9-14-3-2-8-24(11-14)18-22-21-17(26-18)10-13-4-6-15(19)7-5-13/h4-7,14H,2-3,8-11H2,1H3. The van der Waals surface area contributed by atoms with Gasteiger partial charge in [0, 0.05) is 32.9 Å². The minimum absolute atomic E-state index is 0.220. The van der Waals surface area contributed by atoms with Crippen molar-refractivity contribution in [1.82, 2.24) is 20.3 Å². The van der Waals surface area contributed by atoms with E-state index in [1.807, 2.05) is 6.92 Å². The van der Waals surface area contributed by atoms with Crippen LogP contribution in [0.5, 0.6) is 0 Å². The fraction of sp³-hybridized carbons (Fsp3) is 0.444. The molecule has 136 valence electrons. The lowest BCUT2D eigenvalue weighted by atomic mass is 9.95. The highest BCUT2D eigenvalue weighted by molar-refractivity contribution is 7.15. The molecule has 1 aliphatic heterocycles. The molecule has 4 rings (SSSR count). The monoisotopic (exact) mass is 373 g/mol. The number of hydrogen-bond acceptors (Lipinski definition) is 7. The molecular weight excluding hydrogens is 353 g/mol. The van der Waals surface area contributed by atoms with Gasteiger partial charge in [-0.1, -0.05) is 28.6 Å². The molecule has 0 amide bonds. The van der Waals surface area contributed by atoms with Crippen molar-refractivity contribution in [2.75, 3.05) is 18.0 Å². The van der Waals surface area contributed by atoms with Crippen molar-refractivity contribution in [1.29, 1.82) is 0 Å². The minimum atomic E-state index is -0.220. The molecule has 0 saturated carbocycles. The van der Waals surface area contributed by atoms with E-state index in [-0.39, 0.29) is 5.82 Å². The van der Waals surface area contributed by atoms with Gasteiger partial charge < -0.3 is 9.42 Å². The SMILES string of the molecule is Cc1nc(CC2CCCN(c3nnc(Cc4ccc(F)cc4)s3)C2)no1. The molecule has 0 bridgehead atoms. The lowest BCUT2D eigenvalue weighted by Crippen LogP contribution is -2.36. The van der Waals surface area contributed by atoms with E-state index in [2.05, 4.69) is 25.2 Å². The third-order valence-corrected chi connectivity index (χ3v) is 5.54. The number of anilines is 1. The molecule has 1 saturated heterocycles. The van der Waals surface area contributed by atoms with Crippen molar-refractivity contribution in [3.8, 4) is 0 Å². The van der Waals surface area contributed by atoms with Gasteiger partial charge in [-0.15, -0.1) is 10.2 Å². The second-order valence-corrected chi connectivity index (χ2v) is 7.71. The Kier molecular flexibility index (Phi) is 4.92. The first kappa shape index (κ1) is 17.1. The van der Waals surface area contributed by atoms with Gasteiger partial charge in [0.1, 0.15) is 10.8 Å². The molecule has 1 aromatic carbocycles. The van der Waals surface area contributed by atoms with Crippen LogP contribution in [0.4, 0.5) is 9.52 Å². The summed E-state index contributed by atoms with van der Waals surface area (Å²) in [7, 11) is 0. The molecule has 1 unspecified atom stereocenters. The largest absolute Gasteiger partial charge is 0.346 e. The summed E-state index contributed by atoms with van der Waals surface area (Å²) in [5.41, 5.74) is 1.04. The summed E-state index contributed by atoms with van der Waals surface area (Å²) in [5.74, 6) is 1.67. The molecule has 0 radical (unpaired) electrons. The Bertz CT molecular complexity index is 863. The van der Waals surface area contributed by atoms with Gasteiger partial charge in [-0.3, -0.25) is 0 Å². The van der Waals surface area contributed by atoms with Gasteiger partial charge in [0.25, 0.3) is 0 Å². The number of hydrogen-bond donors (Lipinski definition) is 0. The lowest BCUT2D eigenvalue weighted by Gasteiger charge is -2.31. The van der Waals surface area contributed by atoms with Crippen LogP contribution in [0.3, 0.4) is 0 Å². The first-order chi connectivity index (χ1) is 12.7. The maximum absolute atomic E-state index is 13.0. The number of benzene rings is 1. The van der Waals surface area contributed by atoms with E-state index in [9.17, 15) is 4.39 Å². The summed E-state index contributed by atoms with van der Waals surface area (Å²) >= 11 is 1.61. The number of piperidine rings is 1. The molecule has 26 heavy (non-hydrogen) atoms. The summed E-state index contributed by atoms with van der Waals surface area (Å²) in [5, 5.41) is 14.6. The fourth-order valence-electron chi connectivity index (χ4n) is 3.31. The van der Waals surface area contributed by atoms with Crippen molar-refractivity contribution < 1.29 is 8.91 Å². The van der Waals surface area contributed by atoms with Crippen molar-refractivity contribution in [2.24, 2.45) is 5.92 Å². The zero-order valence-electron chi connectivity index (χ0n) is 14.6. The van der Waals surface area contributed by atoms with E-state index in [1.165, 1.54) is 12.1 Å². The van der Waals surface area contributed by atoms with Gasteiger partial charge in [-0.2, -0.15) is 4.98 Å². The molecule has 1 fully saturated rings. The Morgan fingerprint density at radius 1 is 1.27 bits per heavy atom. The Morgan fingerprint density at radius 2 is 2.12 bits per heavy atom. The van der Waals surface area contributed by atoms with Gasteiger partial charge in [0.15, 0.2) is 5.82 Å². The van der Waals surface area contributed by atoms with Gasteiger partial charge >= 0.3 is 0 Å². The maximum atomic E-state index is 13.0. The summed E-state index contributed by atoms with van der Waals surface area (Å²) in [6, 6.07) is 6.54. The van der Waals surface area contributed by atoms with Crippen LogP contribution in [0.1, 0.15) is 35.1 Å².